The third-order valence-corrected chi connectivity index (χ3v) is 1.26. The quantitative estimate of drug-likeness (QED) is 0.671. The van der Waals surface area contributed by atoms with Crippen LogP contribution in [0.15, 0.2) is 0 Å². The number of carbonyl (C=O) groups excluding carboxylic acids is 2. The third-order valence-electron chi connectivity index (χ3n) is 1.26. The molecule has 6 heteroatoms. The lowest BCUT2D eigenvalue weighted by Gasteiger charge is -2.20. The Bertz CT molecular complexity index is 256. The fourth-order valence-electron chi connectivity index (χ4n) is 0.780. The van der Waals surface area contributed by atoms with E-state index in [1.54, 1.807) is 20.8 Å². The van der Waals surface area contributed by atoms with Crippen molar-refractivity contribution in [3.05, 3.63) is 0 Å². The van der Waals surface area contributed by atoms with Gasteiger partial charge in [0.05, 0.1) is 12.5 Å². The average molecular weight is 217 g/mol. The van der Waals surface area contributed by atoms with E-state index in [2.05, 4.69) is 5.32 Å². The molecule has 6 nitrogen and oxygen atoms in total. The Balaban J connectivity index is 4.13. The summed E-state index contributed by atoms with van der Waals surface area (Å²) < 4.78 is 4.85. The minimum atomic E-state index is -1.16. The van der Waals surface area contributed by atoms with Gasteiger partial charge in [-0.1, -0.05) is 0 Å². The molecule has 1 atom stereocenters. The van der Waals surface area contributed by atoms with Crippen LogP contribution in [0.5, 0.6) is 0 Å². The van der Waals surface area contributed by atoms with Gasteiger partial charge in [0, 0.05) is 0 Å². The molecule has 0 fully saturated rings. The van der Waals surface area contributed by atoms with Crippen LogP contribution in [0.4, 0.5) is 4.79 Å². The van der Waals surface area contributed by atoms with Crippen LogP contribution in [-0.2, 0) is 14.3 Å². The summed E-state index contributed by atoms with van der Waals surface area (Å²) in [6, 6.07) is -1.06. The number of alkyl carbamates (subject to hydrolysis) is 1. The maximum absolute atomic E-state index is 11.1. The summed E-state index contributed by atoms with van der Waals surface area (Å²) in [5.41, 5.74) is -0.680. The summed E-state index contributed by atoms with van der Waals surface area (Å²) in [4.78, 5) is 31.8. The molecular weight excluding hydrogens is 202 g/mol. The first-order valence-corrected chi connectivity index (χ1v) is 4.41. The maximum atomic E-state index is 11.1. The highest BCUT2D eigenvalue weighted by Crippen LogP contribution is 2.06. The smallest absolute Gasteiger partial charge is 0.408 e. The highest BCUT2D eigenvalue weighted by atomic mass is 16.6. The summed E-state index contributed by atoms with van der Waals surface area (Å²) >= 11 is 0. The van der Waals surface area contributed by atoms with Crippen molar-refractivity contribution < 1.29 is 24.2 Å². The van der Waals surface area contributed by atoms with Gasteiger partial charge in [0.2, 0.25) is 0 Å². The van der Waals surface area contributed by atoms with Crippen molar-refractivity contribution in [2.75, 3.05) is 0 Å². The lowest BCUT2D eigenvalue weighted by atomic mass is 10.2. The molecule has 86 valence electrons. The molecule has 0 spiro atoms. The van der Waals surface area contributed by atoms with Gasteiger partial charge in [0.15, 0.2) is 0 Å². The van der Waals surface area contributed by atoms with E-state index in [4.69, 9.17) is 9.84 Å². The van der Waals surface area contributed by atoms with E-state index in [9.17, 15) is 14.4 Å². The number of carboxylic acid groups (broad SMARTS) is 1. The van der Waals surface area contributed by atoms with Crippen molar-refractivity contribution in [3.8, 4) is 0 Å². The lowest BCUT2D eigenvalue weighted by molar-refractivity contribution is -0.138. The number of rotatable bonds is 4. The summed E-state index contributed by atoms with van der Waals surface area (Å²) in [6.45, 7) is 5.00. The molecule has 0 bridgehead atoms. The second-order valence-electron chi connectivity index (χ2n) is 3.99. The number of hydrogen-bond acceptors (Lipinski definition) is 4. The van der Waals surface area contributed by atoms with E-state index in [-0.39, 0.29) is 0 Å². The molecule has 0 aliphatic heterocycles. The van der Waals surface area contributed by atoms with Crippen molar-refractivity contribution in [3.63, 3.8) is 0 Å². The minimum absolute atomic E-state index is 0.359. The number of carboxylic acids is 1. The molecule has 0 aromatic heterocycles. The minimum Gasteiger partial charge on any atom is -0.481 e. The Morgan fingerprint density at radius 1 is 1.47 bits per heavy atom. The van der Waals surface area contributed by atoms with Gasteiger partial charge in [-0.25, -0.2) is 4.79 Å². The van der Waals surface area contributed by atoms with Crippen LogP contribution in [0.1, 0.15) is 27.2 Å². The monoisotopic (exact) mass is 217 g/mol. The van der Waals surface area contributed by atoms with E-state index in [0.29, 0.717) is 6.29 Å². The van der Waals surface area contributed by atoms with Crippen LogP contribution >= 0.6 is 0 Å². The molecule has 2 N–H and O–H groups in total. The first kappa shape index (κ1) is 13.4. The second-order valence-corrected chi connectivity index (χ2v) is 3.99. The van der Waals surface area contributed by atoms with E-state index in [0.717, 1.165) is 0 Å². The SMILES string of the molecule is CC(C)(C)OC(=O)N[C@H](C=O)CC(=O)O. The van der Waals surface area contributed by atoms with Crippen molar-refractivity contribution in [1.29, 1.82) is 0 Å². The summed E-state index contributed by atoms with van der Waals surface area (Å²) in [6.07, 6.45) is -0.901. The molecule has 0 saturated carbocycles. The standard InChI is InChI=1S/C9H15NO5/c1-9(2,3)15-8(14)10-6(5-11)4-7(12)13/h5-6H,4H2,1-3H3,(H,10,14)(H,12,13)/t6-/m0/s1. The number of carbonyl (C=O) groups is 3. The first-order chi connectivity index (χ1) is 6.74. The van der Waals surface area contributed by atoms with Crippen molar-refractivity contribution in [1.82, 2.24) is 5.32 Å². The molecule has 0 aliphatic rings. The van der Waals surface area contributed by atoms with Gasteiger partial charge in [0.1, 0.15) is 11.9 Å². The van der Waals surface area contributed by atoms with Gasteiger partial charge in [-0.05, 0) is 20.8 Å². The Morgan fingerprint density at radius 3 is 2.33 bits per heavy atom. The molecule has 0 aliphatic carbocycles. The van der Waals surface area contributed by atoms with E-state index >= 15 is 0 Å². The Hall–Kier alpha value is -1.59. The highest BCUT2D eigenvalue weighted by molar-refractivity contribution is 5.78. The van der Waals surface area contributed by atoms with Crippen LogP contribution < -0.4 is 5.32 Å². The summed E-state index contributed by atoms with van der Waals surface area (Å²) in [7, 11) is 0. The predicted molar refractivity (Wildman–Crippen MR) is 51.5 cm³/mol. The van der Waals surface area contributed by atoms with Gasteiger partial charge in [0.25, 0.3) is 0 Å². The highest BCUT2D eigenvalue weighted by Gasteiger charge is 2.20. The Kier molecular flexibility index (Phi) is 4.77. The number of amides is 1. The largest absolute Gasteiger partial charge is 0.481 e. The van der Waals surface area contributed by atoms with E-state index in [1.807, 2.05) is 0 Å². The molecule has 0 aromatic carbocycles. The van der Waals surface area contributed by atoms with Crippen LogP contribution in [-0.4, -0.2) is 35.1 Å². The van der Waals surface area contributed by atoms with E-state index < -0.39 is 30.1 Å². The molecule has 0 unspecified atom stereocenters. The number of aliphatic carboxylic acids is 1. The molecule has 0 heterocycles. The molecule has 1 amide bonds. The van der Waals surface area contributed by atoms with Crippen LogP contribution in [0.2, 0.25) is 0 Å². The van der Waals surface area contributed by atoms with Crippen LogP contribution in [0, 0.1) is 0 Å². The zero-order chi connectivity index (χ0) is 12.1. The topological polar surface area (TPSA) is 92.7 Å². The van der Waals surface area contributed by atoms with Gasteiger partial charge in [-0.3, -0.25) is 4.79 Å². The summed E-state index contributed by atoms with van der Waals surface area (Å²) in [5, 5.41) is 10.6. The molecule has 0 aromatic rings. The molecule has 0 radical (unpaired) electrons. The third kappa shape index (κ3) is 7.48. The lowest BCUT2D eigenvalue weighted by Crippen LogP contribution is -2.41. The van der Waals surface area contributed by atoms with Crippen molar-refractivity contribution in [2.45, 2.75) is 38.8 Å². The van der Waals surface area contributed by atoms with Crippen molar-refractivity contribution in [2.24, 2.45) is 0 Å². The van der Waals surface area contributed by atoms with Crippen molar-refractivity contribution >= 4 is 18.3 Å². The van der Waals surface area contributed by atoms with Crippen LogP contribution in [0.3, 0.4) is 0 Å². The Labute approximate surface area is 87.6 Å². The van der Waals surface area contributed by atoms with E-state index in [1.165, 1.54) is 0 Å². The number of aldehydes is 1. The second kappa shape index (κ2) is 5.33. The van der Waals surface area contributed by atoms with Gasteiger partial charge in [-0.15, -0.1) is 0 Å². The summed E-state index contributed by atoms with van der Waals surface area (Å²) in [5.74, 6) is -1.16. The fourth-order valence-corrected chi connectivity index (χ4v) is 0.780. The fraction of sp³-hybridized carbons (Fsp3) is 0.667. The number of hydrogen-bond donors (Lipinski definition) is 2. The number of ether oxygens (including phenoxy) is 1. The normalized spacial score (nSPS) is 12.7. The zero-order valence-corrected chi connectivity index (χ0v) is 8.94. The zero-order valence-electron chi connectivity index (χ0n) is 8.94. The molecular formula is C9H15NO5. The van der Waals surface area contributed by atoms with Gasteiger partial charge >= 0.3 is 12.1 Å². The Morgan fingerprint density at radius 2 is 2.00 bits per heavy atom. The predicted octanol–water partition coefficient (Wildman–Crippen LogP) is 0.553. The van der Waals surface area contributed by atoms with Gasteiger partial charge in [-0.2, -0.15) is 0 Å². The number of nitrogens with one attached hydrogen (secondary N) is 1. The van der Waals surface area contributed by atoms with Gasteiger partial charge < -0.3 is 20.0 Å². The maximum Gasteiger partial charge on any atom is 0.408 e. The molecule has 15 heavy (non-hydrogen) atoms. The molecule has 0 rings (SSSR count). The molecule has 0 saturated heterocycles. The first-order valence-electron chi connectivity index (χ1n) is 4.41. The van der Waals surface area contributed by atoms with Crippen LogP contribution in [0.25, 0.3) is 0 Å². The average Bonchev–Trinajstić information content (AvgIpc) is 1.98.